The van der Waals surface area contributed by atoms with Gasteiger partial charge in [-0.2, -0.15) is 0 Å². The number of amides is 1. The van der Waals surface area contributed by atoms with Gasteiger partial charge in [0.1, 0.15) is 0 Å². The molecule has 0 saturated heterocycles. The Morgan fingerprint density at radius 3 is 2.95 bits per heavy atom. The zero-order valence-electron chi connectivity index (χ0n) is 11.4. The fourth-order valence-corrected chi connectivity index (χ4v) is 2.01. The van der Waals surface area contributed by atoms with Crippen molar-refractivity contribution in [3.05, 3.63) is 28.5 Å². The van der Waals surface area contributed by atoms with Gasteiger partial charge in [0, 0.05) is 32.1 Å². The maximum Gasteiger partial charge on any atom is 0.256 e. The van der Waals surface area contributed by atoms with Crippen LogP contribution >= 0.6 is 11.6 Å². The molecular formula is C14H19ClN2O2. The van der Waals surface area contributed by atoms with Gasteiger partial charge < -0.3 is 9.64 Å². The summed E-state index contributed by atoms with van der Waals surface area (Å²) in [7, 11) is 1.75. The molecule has 0 aliphatic heterocycles. The van der Waals surface area contributed by atoms with E-state index >= 15 is 0 Å². The van der Waals surface area contributed by atoms with E-state index in [2.05, 4.69) is 4.98 Å². The first-order chi connectivity index (χ1) is 9.08. The summed E-state index contributed by atoms with van der Waals surface area (Å²) in [5, 5.41) is 0.447. The van der Waals surface area contributed by atoms with Crippen LogP contribution in [-0.4, -0.2) is 42.6 Å². The van der Waals surface area contributed by atoms with Crippen molar-refractivity contribution in [1.82, 2.24) is 9.88 Å². The molecule has 0 atom stereocenters. The predicted molar refractivity (Wildman–Crippen MR) is 74.5 cm³/mol. The summed E-state index contributed by atoms with van der Waals surface area (Å²) < 4.78 is 5.52. The average molecular weight is 283 g/mol. The molecule has 1 aromatic rings. The minimum absolute atomic E-state index is 0.118. The van der Waals surface area contributed by atoms with Crippen molar-refractivity contribution in [3.8, 4) is 0 Å². The van der Waals surface area contributed by atoms with E-state index in [1.54, 1.807) is 18.0 Å². The second-order valence-corrected chi connectivity index (χ2v) is 5.46. The monoisotopic (exact) mass is 282 g/mol. The molecule has 1 fully saturated rings. The second-order valence-electron chi connectivity index (χ2n) is 5.05. The summed E-state index contributed by atoms with van der Waals surface area (Å²) in [4.78, 5) is 17.9. The Labute approximate surface area is 118 Å². The Balaban J connectivity index is 1.83. The molecule has 1 aliphatic rings. The van der Waals surface area contributed by atoms with Gasteiger partial charge in [-0.15, -0.1) is 0 Å². The number of halogens is 1. The van der Waals surface area contributed by atoms with Crippen molar-refractivity contribution in [2.24, 2.45) is 5.92 Å². The smallest absolute Gasteiger partial charge is 0.256 e. The summed E-state index contributed by atoms with van der Waals surface area (Å²) in [5.74, 6) is 0.629. The summed E-state index contributed by atoms with van der Waals surface area (Å²) in [5.41, 5.74) is 1.24. The third kappa shape index (κ3) is 4.18. The third-order valence-electron chi connectivity index (χ3n) is 3.19. The maximum atomic E-state index is 12.2. The first-order valence-electron chi connectivity index (χ1n) is 6.53. The van der Waals surface area contributed by atoms with E-state index < -0.39 is 0 Å². The minimum atomic E-state index is -0.118. The topological polar surface area (TPSA) is 42.4 Å². The molecule has 1 aliphatic carbocycles. The number of hydrogen-bond acceptors (Lipinski definition) is 3. The molecule has 4 nitrogen and oxygen atoms in total. The Kier molecular flexibility index (Phi) is 4.77. The largest absolute Gasteiger partial charge is 0.379 e. The van der Waals surface area contributed by atoms with Crippen molar-refractivity contribution in [1.29, 1.82) is 0 Å². The fourth-order valence-electron chi connectivity index (χ4n) is 1.73. The van der Waals surface area contributed by atoms with Crippen LogP contribution in [0.4, 0.5) is 0 Å². The van der Waals surface area contributed by atoms with Crippen LogP contribution < -0.4 is 0 Å². The molecule has 0 spiro atoms. The van der Waals surface area contributed by atoms with Gasteiger partial charge in [0.15, 0.2) is 0 Å². The highest BCUT2D eigenvalue weighted by atomic mass is 35.5. The number of carbonyl (C=O) groups excluding carboxylic acids is 1. The fraction of sp³-hybridized carbons (Fsp3) is 0.571. The number of hydrogen-bond donors (Lipinski definition) is 0. The molecule has 104 valence electrons. The quantitative estimate of drug-likeness (QED) is 0.753. The van der Waals surface area contributed by atoms with Crippen LogP contribution in [-0.2, 0) is 4.74 Å². The molecule has 1 saturated carbocycles. The molecular weight excluding hydrogens is 264 g/mol. The van der Waals surface area contributed by atoms with Crippen molar-refractivity contribution in [3.63, 3.8) is 0 Å². The van der Waals surface area contributed by atoms with Crippen molar-refractivity contribution in [2.75, 3.05) is 26.8 Å². The van der Waals surface area contributed by atoms with Crippen molar-refractivity contribution >= 4 is 17.5 Å². The van der Waals surface area contributed by atoms with Gasteiger partial charge in [-0.25, -0.2) is 0 Å². The molecule has 1 heterocycles. The number of ether oxygens (including phenoxy) is 1. The van der Waals surface area contributed by atoms with Crippen LogP contribution in [0.3, 0.4) is 0 Å². The second kappa shape index (κ2) is 6.35. The molecule has 1 amide bonds. The van der Waals surface area contributed by atoms with E-state index in [1.807, 2.05) is 6.92 Å². The molecule has 0 aromatic carbocycles. The van der Waals surface area contributed by atoms with E-state index in [0.717, 1.165) is 18.2 Å². The SMILES string of the molecule is Cc1cc(Cl)c(C(=O)N(C)CCOCC2CC2)cn1. The number of pyridine rings is 1. The van der Waals surface area contributed by atoms with Crippen LogP contribution in [0.5, 0.6) is 0 Å². The molecule has 5 heteroatoms. The van der Waals surface area contributed by atoms with Crippen molar-refractivity contribution < 1.29 is 9.53 Å². The zero-order chi connectivity index (χ0) is 13.8. The Bertz CT molecular complexity index is 461. The van der Waals surface area contributed by atoms with E-state index in [1.165, 1.54) is 19.0 Å². The highest BCUT2D eigenvalue weighted by molar-refractivity contribution is 6.33. The van der Waals surface area contributed by atoms with E-state index in [0.29, 0.717) is 23.7 Å². The van der Waals surface area contributed by atoms with Gasteiger partial charge in [-0.3, -0.25) is 9.78 Å². The Hall–Kier alpha value is -1.13. The molecule has 19 heavy (non-hydrogen) atoms. The maximum absolute atomic E-state index is 12.2. The van der Waals surface area contributed by atoms with Crippen LogP contribution in [0.25, 0.3) is 0 Å². The highest BCUT2D eigenvalue weighted by Gasteiger charge is 2.21. The summed E-state index contributed by atoms with van der Waals surface area (Å²) >= 11 is 6.06. The van der Waals surface area contributed by atoms with Crippen LogP contribution in [0.1, 0.15) is 28.9 Å². The first-order valence-corrected chi connectivity index (χ1v) is 6.91. The van der Waals surface area contributed by atoms with E-state index in [9.17, 15) is 4.79 Å². The van der Waals surface area contributed by atoms with Crippen molar-refractivity contribution in [2.45, 2.75) is 19.8 Å². The van der Waals surface area contributed by atoms with Crippen LogP contribution in [0.2, 0.25) is 5.02 Å². The zero-order valence-corrected chi connectivity index (χ0v) is 12.1. The lowest BCUT2D eigenvalue weighted by Gasteiger charge is -2.17. The molecule has 2 rings (SSSR count). The number of rotatable bonds is 6. The highest BCUT2D eigenvalue weighted by Crippen LogP contribution is 2.28. The van der Waals surface area contributed by atoms with Crippen LogP contribution in [0.15, 0.2) is 12.3 Å². The van der Waals surface area contributed by atoms with Gasteiger partial charge >= 0.3 is 0 Å². The van der Waals surface area contributed by atoms with Gasteiger partial charge in [0.2, 0.25) is 0 Å². The van der Waals surface area contributed by atoms with Gasteiger partial charge in [0.05, 0.1) is 17.2 Å². The standard InChI is InChI=1S/C14H19ClN2O2/c1-10-7-13(15)12(8-16-10)14(18)17(2)5-6-19-9-11-3-4-11/h7-8,11H,3-6,9H2,1-2H3. The van der Waals surface area contributed by atoms with Gasteiger partial charge in [-0.05, 0) is 31.7 Å². The van der Waals surface area contributed by atoms with Gasteiger partial charge in [-0.1, -0.05) is 11.6 Å². The summed E-state index contributed by atoms with van der Waals surface area (Å²) in [6.07, 6.45) is 4.08. The third-order valence-corrected chi connectivity index (χ3v) is 3.50. The summed E-state index contributed by atoms with van der Waals surface area (Å²) in [6, 6.07) is 1.70. The number of likely N-dealkylation sites (N-methyl/N-ethyl adjacent to an activating group) is 1. The first kappa shape index (κ1) is 14.3. The van der Waals surface area contributed by atoms with Crippen LogP contribution in [0, 0.1) is 12.8 Å². The van der Waals surface area contributed by atoms with E-state index in [-0.39, 0.29) is 5.91 Å². The van der Waals surface area contributed by atoms with E-state index in [4.69, 9.17) is 16.3 Å². The number of aryl methyl sites for hydroxylation is 1. The lowest BCUT2D eigenvalue weighted by molar-refractivity contribution is 0.0681. The molecule has 0 radical (unpaired) electrons. The molecule has 0 unspecified atom stereocenters. The summed E-state index contributed by atoms with van der Waals surface area (Å²) in [6.45, 7) is 3.79. The number of carbonyl (C=O) groups is 1. The lowest BCUT2D eigenvalue weighted by Crippen LogP contribution is -2.30. The predicted octanol–water partition coefficient (Wildman–Crippen LogP) is 2.54. The normalized spacial score (nSPS) is 14.5. The Morgan fingerprint density at radius 1 is 1.58 bits per heavy atom. The molecule has 1 aromatic heterocycles. The number of aromatic nitrogens is 1. The lowest BCUT2D eigenvalue weighted by atomic mass is 10.2. The number of nitrogens with zero attached hydrogens (tertiary/aromatic N) is 2. The molecule has 0 bridgehead atoms. The average Bonchev–Trinajstić information content (AvgIpc) is 3.17. The minimum Gasteiger partial charge on any atom is -0.379 e. The van der Waals surface area contributed by atoms with Gasteiger partial charge in [0.25, 0.3) is 5.91 Å². The Morgan fingerprint density at radius 2 is 2.32 bits per heavy atom. The molecule has 0 N–H and O–H groups in total.